The predicted molar refractivity (Wildman–Crippen MR) is 50.6 cm³/mol. The molecule has 0 aromatic heterocycles. The van der Waals surface area contributed by atoms with Crippen LogP contribution in [0.4, 0.5) is 17.6 Å². The van der Waals surface area contributed by atoms with Gasteiger partial charge in [-0.05, 0) is 23.8 Å². The van der Waals surface area contributed by atoms with Crippen LogP contribution in [0.15, 0.2) is 18.2 Å². The van der Waals surface area contributed by atoms with Gasteiger partial charge >= 0.3 is 12.1 Å². The number of rotatable bonds is 3. The molecule has 0 spiro atoms. The van der Waals surface area contributed by atoms with Gasteiger partial charge in [0.25, 0.3) is 0 Å². The molecule has 0 fully saturated rings. The number of carboxylic acids is 1. The van der Waals surface area contributed by atoms with Gasteiger partial charge in [0.05, 0.1) is 12.0 Å². The standard InChI is InChI=1S/C10H9F4NO2/c11-7-2-5(8(15)4-9(16)17)1-6(3-7)10(12,13)14/h1-3,8H,4,15H2,(H,16,17)/t8-/m0/s1. The summed E-state index contributed by atoms with van der Waals surface area (Å²) in [5, 5.41) is 8.45. The van der Waals surface area contributed by atoms with Crippen LogP contribution in [0.5, 0.6) is 0 Å². The third-order valence-electron chi connectivity index (χ3n) is 2.07. The fourth-order valence-electron chi connectivity index (χ4n) is 1.30. The molecule has 0 aliphatic heterocycles. The lowest BCUT2D eigenvalue weighted by molar-refractivity contribution is -0.138. The SMILES string of the molecule is N[C@@H](CC(=O)O)c1cc(F)cc(C(F)(F)F)c1. The molecular formula is C10H9F4NO2. The third-order valence-corrected chi connectivity index (χ3v) is 2.07. The van der Waals surface area contributed by atoms with Crippen molar-refractivity contribution in [3.8, 4) is 0 Å². The first-order valence-corrected chi connectivity index (χ1v) is 4.55. The van der Waals surface area contributed by atoms with Crippen molar-refractivity contribution in [2.75, 3.05) is 0 Å². The molecule has 94 valence electrons. The highest BCUT2D eigenvalue weighted by Gasteiger charge is 2.31. The Bertz CT molecular complexity index is 431. The van der Waals surface area contributed by atoms with Crippen LogP contribution in [-0.4, -0.2) is 11.1 Å². The lowest BCUT2D eigenvalue weighted by Crippen LogP contribution is -2.16. The van der Waals surface area contributed by atoms with E-state index < -0.39 is 36.0 Å². The summed E-state index contributed by atoms with van der Waals surface area (Å²) in [6.45, 7) is 0. The van der Waals surface area contributed by atoms with Gasteiger partial charge in [0.1, 0.15) is 5.82 Å². The van der Waals surface area contributed by atoms with E-state index in [9.17, 15) is 22.4 Å². The summed E-state index contributed by atoms with van der Waals surface area (Å²) >= 11 is 0. The minimum atomic E-state index is -4.69. The molecule has 0 radical (unpaired) electrons. The Balaban J connectivity index is 3.09. The first-order valence-electron chi connectivity index (χ1n) is 4.55. The number of aliphatic carboxylic acids is 1. The summed E-state index contributed by atoms with van der Waals surface area (Å²) in [6, 6.07) is 0.598. The largest absolute Gasteiger partial charge is 0.481 e. The van der Waals surface area contributed by atoms with Crippen molar-refractivity contribution < 1.29 is 27.5 Å². The van der Waals surface area contributed by atoms with E-state index in [1.807, 2.05) is 0 Å². The summed E-state index contributed by atoms with van der Waals surface area (Å²) in [5.41, 5.74) is 3.98. The van der Waals surface area contributed by atoms with Gasteiger partial charge < -0.3 is 10.8 Å². The highest BCUT2D eigenvalue weighted by atomic mass is 19.4. The maximum atomic E-state index is 13.0. The van der Waals surface area contributed by atoms with Crippen LogP contribution in [0.25, 0.3) is 0 Å². The molecular weight excluding hydrogens is 242 g/mol. The zero-order valence-corrected chi connectivity index (χ0v) is 8.46. The number of nitrogens with two attached hydrogens (primary N) is 1. The smallest absolute Gasteiger partial charge is 0.416 e. The Morgan fingerprint density at radius 3 is 2.41 bits per heavy atom. The first kappa shape index (κ1) is 13.4. The van der Waals surface area contributed by atoms with Crippen molar-refractivity contribution in [3.63, 3.8) is 0 Å². The van der Waals surface area contributed by atoms with E-state index in [4.69, 9.17) is 10.8 Å². The first-order chi connectivity index (χ1) is 7.70. The summed E-state index contributed by atoms with van der Waals surface area (Å²) in [6.07, 6.45) is -5.26. The van der Waals surface area contributed by atoms with Gasteiger partial charge in [0, 0.05) is 6.04 Å². The molecule has 3 nitrogen and oxygen atoms in total. The second-order valence-electron chi connectivity index (χ2n) is 3.48. The molecule has 1 rings (SSSR count). The van der Waals surface area contributed by atoms with Crippen molar-refractivity contribution >= 4 is 5.97 Å². The molecule has 1 atom stereocenters. The molecule has 0 heterocycles. The molecule has 0 amide bonds. The molecule has 0 bridgehead atoms. The zero-order valence-electron chi connectivity index (χ0n) is 8.46. The van der Waals surface area contributed by atoms with Gasteiger partial charge in [-0.3, -0.25) is 4.79 Å². The normalized spacial score (nSPS) is 13.5. The Kier molecular flexibility index (Phi) is 3.72. The fourth-order valence-corrected chi connectivity index (χ4v) is 1.30. The Morgan fingerprint density at radius 1 is 1.35 bits per heavy atom. The maximum Gasteiger partial charge on any atom is 0.416 e. The van der Waals surface area contributed by atoms with E-state index in [1.165, 1.54) is 0 Å². The van der Waals surface area contributed by atoms with E-state index in [0.29, 0.717) is 12.1 Å². The lowest BCUT2D eigenvalue weighted by atomic mass is 10.0. The number of alkyl halides is 3. The van der Waals surface area contributed by atoms with Crippen LogP contribution in [0, 0.1) is 5.82 Å². The molecule has 0 unspecified atom stereocenters. The van der Waals surface area contributed by atoms with E-state index in [0.717, 1.165) is 6.07 Å². The van der Waals surface area contributed by atoms with Gasteiger partial charge in [-0.15, -0.1) is 0 Å². The maximum absolute atomic E-state index is 13.0. The monoisotopic (exact) mass is 251 g/mol. The molecule has 0 saturated carbocycles. The zero-order chi connectivity index (χ0) is 13.2. The van der Waals surface area contributed by atoms with Crippen molar-refractivity contribution in [1.82, 2.24) is 0 Å². The molecule has 7 heteroatoms. The number of hydrogen-bond donors (Lipinski definition) is 2. The van der Waals surface area contributed by atoms with Crippen LogP contribution in [0.1, 0.15) is 23.6 Å². The van der Waals surface area contributed by atoms with E-state index >= 15 is 0 Å². The van der Waals surface area contributed by atoms with Crippen LogP contribution in [0.2, 0.25) is 0 Å². The van der Waals surface area contributed by atoms with E-state index in [-0.39, 0.29) is 5.56 Å². The van der Waals surface area contributed by atoms with Crippen molar-refractivity contribution in [2.45, 2.75) is 18.6 Å². The van der Waals surface area contributed by atoms with Crippen LogP contribution < -0.4 is 5.73 Å². The van der Waals surface area contributed by atoms with Gasteiger partial charge in [0.2, 0.25) is 0 Å². The van der Waals surface area contributed by atoms with E-state index in [2.05, 4.69) is 0 Å². The topological polar surface area (TPSA) is 63.3 Å². The predicted octanol–water partition coefficient (Wildman–Crippen LogP) is 2.32. The number of hydrogen-bond acceptors (Lipinski definition) is 2. The van der Waals surface area contributed by atoms with Crippen molar-refractivity contribution in [1.29, 1.82) is 0 Å². The second-order valence-corrected chi connectivity index (χ2v) is 3.48. The third kappa shape index (κ3) is 3.70. The highest BCUT2D eigenvalue weighted by molar-refractivity contribution is 5.67. The highest BCUT2D eigenvalue weighted by Crippen LogP contribution is 2.31. The van der Waals surface area contributed by atoms with Gasteiger partial charge in [-0.1, -0.05) is 0 Å². The van der Waals surface area contributed by atoms with E-state index in [1.54, 1.807) is 0 Å². The number of carboxylic acid groups (broad SMARTS) is 1. The summed E-state index contributed by atoms with van der Waals surface area (Å²) in [7, 11) is 0. The fraction of sp³-hybridized carbons (Fsp3) is 0.300. The van der Waals surface area contributed by atoms with Crippen LogP contribution in [-0.2, 0) is 11.0 Å². The number of halogens is 4. The number of benzene rings is 1. The lowest BCUT2D eigenvalue weighted by Gasteiger charge is -2.13. The summed E-state index contributed by atoms with van der Waals surface area (Å²) in [4.78, 5) is 10.4. The molecule has 1 aromatic carbocycles. The second kappa shape index (κ2) is 4.70. The van der Waals surface area contributed by atoms with Crippen LogP contribution >= 0.6 is 0 Å². The van der Waals surface area contributed by atoms with Gasteiger partial charge in [-0.2, -0.15) is 13.2 Å². The Hall–Kier alpha value is -1.63. The summed E-state index contributed by atoms with van der Waals surface area (Å²) in [5.74, 6) is -2.37. The molecule has 0 saturated heterocycles. The minimum absolute atomic E-state index is 0.195. The van der Waals surface area contributed by atoms with Gasteiger partial charge in [0.15, 0.2) is 0 Å². The van der Waals surface area contributed by atoms with Gasteiger partial charge in [-0.25, -0.2) is 4.39 Å². The van der Waals surface area contributed by atoms with Crippen molar-refractivity contribution in [2.24, 2.45) is 5.73 Å². The number of carbonyl (C=O) groups is 1. The molecule has 0 aliphatic carbocycles. The van der Waals surface area contributed by atoms with Crippen molar-refractivity contribution in [3.05, 3.63) is 35.1 Å². The molecule has 1 aromatic rings. The minimum Gasteiger partial charge on any atom is -0.481 e. The average molecular weight is 251 g/mol. The average Bonchev–Trinajstić information content (AvgIpc) is 2.14. The Morgan fingerprint density at radius 2 is 1.94 bits per heavy atom. The Labute approximate surface area is 93.8 Å². The molecule has 17 heavy (non-hydrogen) atoms. The molecule has 0 aliphatic rings. The quantitative estimate of drug-likeness (QED) is 0.810. The van der Waals surface area contributed by atoms with Crippen LogP contribution in [0.3, 0.4) is 0 Å². The molecule has 3 N–H and O–H groups in total. The summed E-state index contributed by atoms with van der Waals surface area (Å²) < 4.78 is 50.0.